The molecule has 28 heavy (non-hydrogen) atoms. The van der Waals surface area contributed by atoms with E-state index in [1.165, 1.54) is 6.42 Å². The smallest absolute Gasteiger partial charge is 0.254 e. The molecular formula is C23H24N4O. The average Bonchev–Trinajstić information content (AvgIpc) is 3.21. The van der Waals surface area contributed by atoms with Gasteiger partial charge in [-0.1, -0.05) is 18.2 Å². The number of para-hydroxylation sites is 1. The number of aromatic nitrogens is 2. The monoisotopic (exact) mass is 372 g/mol. The molecule has 0 saturated carbocycles. The van der Waals surface area contributed by atoms with Crippen LogP contribution in [0.2, 0.25) is 0 Å². The third-order valence-electron chi connectivity index (χ3n) is 6.35. The van der Waals surface area contributed by atoms with Gasteiger partial charge < -0.3 is 10.2 Å². The maximum Gasteiger partial charge on any atom is 0.254 e. The molecule has 1 aromatic carbocycles. The molecule has 4 heterocycles. The largest absolute Gasteiger partial charge is 0.339 e. The van der Waals surface area contributed by atoms with E-state index in [1.807, 2.05) is 47.4 Å². The number of likely N-dealkylation sites (tertiary alicyclic amines) is 1. The Morgan fingerprint density at radius 2 is 1.93 bits per heavy atom. The van der Waals surface area contributed by atoms with Gasteiger partial charge in [-0.25, -0.2) is 4.98 Å². The van der Waals surface area contributed by atoms with Gasteiger partial charge in [0.2, 0.25) is 0 Å². The normalized spacial score (nSPS) is 18.6. The zero-order valence-electron chi connectivity index (χ0n) is 15.9. The van der Waals surface area contributed by atoms with Gasteiger partial charge in [-0.05, 0) is 55.5 Å². The maximum absolute atomic E-state index is 13.5. The highest BCUT2D eigenvalue weighted by Crippen LogP contribution is 2.37. The minimum atomic E-state index is 0.115. The number of pyridine rings is 2. The number of nitrogens with one attached hydrogen (secondary N) is 1. The highest BCUT2D eigenvalue weighted by Gasteiger charge is 2.38. The molecule has 0 aliphatic carbocycles. The van der Waals surface area contributed by atoms with Crippen LogP contribution in [-0.4, -0.2) is 47.0 Å². The SMILES string of the molecule is O=C(c1cc(-c2cccnc2)nc2ccccc12)N1CCC2(CCNC2)CC1. The number of piperidine rings is 1. The van der Waals surface area contributed by atoms with Crippen LogP contribution in [-0.2, 0) is 0 Å². The first-order valence-corrected chi connectivity index (χ1v) is 10.0. The number of hydrogen-bond acceptors (Lipinski definition) is 4. The summed E-state index contributed by atoms with van der Waals surface area (Å²) >= 11 is 0. The molecule has 142 valence electrons. The Morgan fingerprint density at radius 1 is 1.07 bits per heavy atom. The lowest BCUT2D eigenvalue weighted by Crippen LogP contribution is -2.44. The van der Waals surface area contributed by atoms with Crippen molar-refractivity contribution in [2.75, 3.05) is 26.2 Å². The summed E-state index contributed by atoms with van der Waals surface area (Å²) in [6, 6.07) is 13.7. The molecule has 1 N–H and O–H groups in total. The Morgan fingerprint density at radius 3 is 2.68 bits per heavy atom. The molecule has 3 aromatic rings. The van der Waals surface area contributed by atoms with E-state index in [1.54, 1.807) is 12.4 Å². The van der Waals surface area contributed by atoms with E-state index in [9.17, 15) is 4.79 Å². The van der Waals surface area contributed by atoms with Gasteiger partial charge in [0.05, 0.1) is 16.8 Å². The zero-order chi connectivity index (χ0) is 19.0. The molecule has 5 nitrogen and oxygen atoms in total. The van der Waals surface area contributed by atoms with E-state index < -0.39 is 0 Å². The van der Waals surface area contributed by atoms with Crippen molar-refractivity contribution in [1.29, 1.82) is 0 Å². The Bertz CT molecular complexity index is 1000. The summed E-state index contributed by atoms with van der Waals surface area (Å²) in [5.74, 6) is 0.115. The molecule has 2 saturated heterocycles. The van der Waals surface area contributed by atoms with Crippen LogP contribution in [0.1, 0.15) is 29.6 Å². The summed E-state index contributed by atoms with van der Waals surface area (Å²) in [5, 5.41) is 4.41. The van der Waals surface area contributed by atoms with Crippen LogP contribution in [0.15, 0.2) is 54.9 Å². The highest BCUT2D eigenvalue weighted by molar-refractivity contribution is 6.07. The second-order valence-electron chi connectivity index (χ2n) is 8.03. The van der Waals surface area contributed by atoms with Gasteiger partial charge in [0.15, 0.2) is 0 Å². The molecule has 2 aliphatic heterocycles. The highest BCUT2D eigenvalue weighted by atomic mass is 16.2. The number of benzene rings is 1. The summed E-state index contributed by atoms with van der Waals surface area (Å²) < 4.78 is 0. The van der Waals surface area contributed by atoms with Gasteiger partial charge in [0, 0.05) is 43.0 Å². The minimum Gasteiger partial charge on any atom is -0.339 e. The lowest BCUT2D eigenvalue weighted by molar-refractivity contribution is 0.0609. The van der Waals surface area contributed by atoms with Gasteiger partial charge in [-0.15, -0.1) is 0 Å². The molecule has 5 heteroatoms. The van der Waals surface area contributed by atoms with Gasteiger partial charge in [0.25, 0.3) is 5.91 Å². The van der Waals surface area contributed by atoms with Crippen molar-refractivity contribution in [3.63, 3.8) is 0 Å². The summed E-state index contributed by atoms with van der Waals surface area (Å²) in [4.78, 5) is 24.5. The van der Waals surface area contributed by atoms with Gasteiger partial charge in [-0.3, -0.25) is 9.78 Å². The molecule has 0 unspecified atom stereocenters. The van der Waals surface area contributed by atoms with Gasteiger partial charge in [0.1, 0.15) is 0 Å². The van der Waals surface area contributed by atoms with E-state index in [4.69, 9.17) is 4.98 Å². The molecular weight excluding hydrogens is 348 g/mol. The van der Waals surface area contributed by atoms with Crippen LogP contribution in [0.3, 0.4) is 0 Å². The number of fused-ring (bicyclic) bond motifs is 1. The third kappa shape index (κ3) is 3.06. The molecule has 2 aromatic heterocycles. The van der Waals surface area contributed by atoms with E-state index in [-0.39, 0.29) is 5.91 Å². The molecule has 2 aliphatic rings. The van der Waals surface area contributed by atoms with Gasteiger partial charge in [-0.2, -0.15) is 0 Å². The standard InChI is InChI=1S/C23H24N4O/c28-22(27-12-8-23(9-13-27)7-11-25-16-23)19-14-21(17-4-3-10-24-15-17)26-20-6-2-1-5-18(19)20/h1-6,10,14-15,25H,7-9,11-13,16H2. The summed E-state index contributed by atoms with van der Waals surface area (Å²) in [6.07, 6.45) is 6.95. The average molecular weight is 372 g/mol. The molecule has 5 rings (SSSR count). The van der Waals surface area contributed by atoms with E-state index in [0.717, 1.165) is 66.7 Å². The molecule has 2 fully saturated rings. The van der Waals surface area contributed by atoms with Crippen LogP contribution >= 0.6 is 0 Å². The second kappa shape index (κ2) is 6.99. The Balaban J connectivity index is 1.50. The number of carbonyl (C=O) groups excluding carboxylic acids is 1. The number of nitrogens with zero attached hydrogens (tertiary/aromatic N) is 3. The first-order valence-electron chi connectivity index (χ1n) is 10.0. The lowest BCUT2D eigenvalue weighted by atomic mass is 9.77. The maximum atomic E-state index is 13.5. The molecule has 0 radical (unpaired) electrons. The number of rotatable bonds is 2. The molecule has 0 atom stereocenters. The first-order chi connectivity index (χ1) is 13.7. The Labute approximate surface area is 164 Å². The van der Waals surface area contributed by atoms with Crippen molar-refractivity contribution in [3.05, 3.63) is 60.4 Å². The third-order valence-corrected chi connectivity index (χ3v) is 6.35. The number of amides is 1. The van der Waals surface area contributed by atoms with Crippen molar-refractivity contribution >= 4 is 16.8 Å². The van der Waals surface area contributed by atoms with E-state index in [0.29, 0.717) is 5.41 Å². The fourth-order valence-electron chi connectivity index (χ4n) is 4.59. The molecule has 1 spiro atoms. The molecule has 1 amide bonds. The first kappa shape index (κ1) is 17.3. The Hall–Kier alpha value is -2.79. The minimum absolute atomic E-state index is 0.115. The fourth-order valence-corrected chi connectivity index (χ4v) is 4.59. The topological polar surface area (TPSA) is 58.1 Å². The zero-order valence-corrected chi connectivity index (χ0v) is 15.9. The van der Waals surface area contributed by atoms with Crippen molar-refractivity contribution in [1.82, 2.24) is 20.2 Å². The molecule has 0 bridgehead atoms. The van der Waals surface area contributed by atoms with Crippen molar-refractivity contribution in [2.24, 2.45) is 5.41 Å². The van der Waals surface area contributed by atoms with Crippen molar-refractivity contribution < 1.29 is 4.79 Å². The van der Waals surface area contributed by atoms with Crippen LogP contribution in [0.5, 0.6) is 0 Å². The number of carbonyl (C=O) groups is 1. The summed E-state index contributed by atoms with van der Waals surface area (Å²) in [6.45, 7) is 3.87. The van der Waals surface area contributed by atoms with Crippen molar-refractivity contribution in [3.8, 4) is 11.3 Å². The lowest BCUT2D eigenvalue weighted by Gasteiger charge is -2.39. The Kier molecular flexibility index (Phi) is 4.32. The number of hydrogen-bond donors (Lipinski definition) is 1. The van der Waals surface area contributed by atoms with Crippen molar-refractivity contribution in [2.45, 2.75) is 19.3 Å². The summed E-state index contributed by atoms with van der Waals surface area (Å²) in [7, 11) is 0. The second-order valence-corrected chi connectivity index (χ2v) is 8.03. The van der Waals surface area contributed by atoms with Crippen LogP contribution in [0.4, 0.5) is 0 Å². The van der Waals surface area contributed by atoms with Gasteiger partial charge >= 0.3 is 0 Å². The fraction of sp³-hybridized carbons (Fsp3) is 0.348. The predicted molar refractivity (Wildman–Crippen MR) is 110 cm³/mol. The van der Waals surface area contributed by atoms with E-state index >= 15 is 0 Å². The van der Waals surface area contributed by atoms with E-state index in [2.05, 4.69) is 10.3 Å². The predicted octanol–water partition coefficient (Wildman–Crippen LogP) is 3.51. The van der Waals surface area contributed by atoms with Crippen LogP contribution < -0.4 is 5.32 Å². The van der Waals surface area contributed by atoms with Crippen LogP contribution in [0.25, 0.3) is 22.2 Å². The van der Waals surface area contributed by atoms with Crippen LogP contribution in [0, 0.1) is 5.41 Å². The quantitative estimate of drug-likeness (QED) is 0.748. The summed E-state index contributed by atoms with van der Waals surface area (Å²) in [5.41, 5.74) is 3.71.